The lowest BCUT2D eigenvalue weighted by atomic mass is 10.1. The monoisotopic (exact) mass is 205 g/mol. The van der Waals surface area contributed by atoms with Crippen LogP contribution in [-0.4, -0.2) is 15.8 Å². The van der Waals surface area contributed by atoms with Gasteiger partial charge in [-0.25, -0.2) is 0 Å². The Morgan fingerprint density at radius 2 is 2.07 bits per heavy atom. The standard InChI is InChI=1S/C11H11NOS/c1-8-5-6-12-11-7-9(14(2)13)3-4-10(8)11/h3-7H,1-2H3. The largest absolute Gasteiger partial charge is 0.612 e. The third kappa shape index (κ3) is 1.61. The summed E-state index contributed by atoms with van der Waals surface area (Å²) in [5.74, 6) is 0. The molecule has 0 N–H and O–H groups in total. The van der Waals surface area contributed by atoms with Crippen molar-refractivity contribution in [2.45, 2.75) is 11.8 Å². The van der Waals surface area contributed by atoms with Gasteiger partial charge in [0.25, 0.3) is 0 Å². The molecule has 0 saturated heterocycles. The maximum atomic E-state index is 11.3. The molecule has 0 bridgehead atoms. The lowest BCUT2D eigenvalue weighted by molar-refractivity contribution is 0.601. The molecule has 0 aliphatic rings. The predicted molar refractivity (Wildman–Crippen MR) is 58.8 cm³/mol. The molecule has 0 aliphatic heterocycles. The van der Waals surface area contributed by atoms with Crippen molar-refractivity contribution in [2.24, 2.45) is 0 Å². The summed E-state index contributed by atoms with van der Waals surface area (Å²) in [5, 5.41) is 1.13. The van der Waals surface area contributed by atoms with E-state index in [4.69, 9.17) is 0 Å². The van der Waals surface area contributed by atoms with Gasteiger partial charge in [-0.05, 0) is 41.9 Å². The van der Waals surface area contributed by atoms with Crippen LogP contribution in [0.5, 0.6) is 0 Å². The fourth-order valence-corrected chi connectivity index (χ4v) is 1.99. The molecule has 0 spiro atoms. The minimum Gasteiger partial charge on any atom is -0.612 e. The van der Waals surface area contributed by atoms with Crippen LogP contribution in [0.4, 0.5) is 0 Å². The number of pyridine rings is 1. The lowest BCUT2D eigenvalue weighted by Gasteiger charge is -2.05. The van der Waals surface area contributed by atoms with Gasteiger partial charge in [-0.3, -0.25) is 4.98 Å². The third-order valence-corrected chi connectivity index (χ3v) is 3.18. The van der Waals surface area contributed by atoms with Gasteiger partial charge < -0.3 is 4.55 Å². The summed E-state index contributed by atoms with van der Waals surface area (Å²) < 4.78 is 11.3. The maximum Gasteiger partial charge on any atom is 0.154 e. The van der Waals surface area contributed by atoms with Crippen molar-refractivity contribution in [2.75, 3.05) is 6.26 Å². The zero-order valence-corrected chi connectivity index (χ0v) is 8.97. The molecule has 2 rings (SSSR count). The van der Waals surface area contributed by atoms with Gasteiger partial charge in [-0.2, -0.15) is 0 Å². The van der Waals surface area contributed by atoms with E-state index in [1.165, 1.54) is 5.56 Å². The molecule has 1 aromatic carbocycles. The van der Waals surface area contributed by atoms with Gasteiger partial charge in [0.1, 0.15) is 6.26 Å². The lowest BCUT2D eigenvalue weighted by Crippen LogP contribution is -1.97. The molecule has 0 saturated carbocycles. The molecule has 72 valence electrons. The van der Waals surface area contributed by atoms with Gasteiger partial charge in [0.05, 0.1) is 5.52 Å². The summed E-state index contributed by atoms with van der Waals surface area (Å²) in [6, 6.07) is 7.74. The Morgan fingerprint density at radius 3 is 2.79 bits per heavy atom. The summed E-state index contributed by atoms with van der Waals surface area (Å²) in [6.45, 7) is 2.05. The molecule has 3 heteroatoms. The smallest absolute Gasteiger partial charge is 0.154 e. The Balaban J connectivity index is 2.67. The van der Waals surface area contributed by atoms with Crippen LogP contribution in [-0.2, 0) is 11.2 Å². The van der Waals surface area contributed by atoms with Gasteiger partial charge in [0.2, 0.25) is 0 Å². The van der Waals surface area contributed by atoms with Crippen LogP contribution >= 0.6 is 0 Å². The average molecular weight is 205 g/mol. The van der Waals surface area contributed by atoms with Crippen LogP contribution in [0.1, 0.15) is 5.56 Å². The van der Waals surface area contributed by atoms with Gasteiger partial charge in [0.15, 0.2) is 4.90 Å². The Kier molecular flexibility index (Phi) is 2.44. The van der Waals surface area contributed by atoms with Crippen molar-refractivity contribution in [1.82, 2.24) is 4.98 Å². The number of nitrogens with zero attached hydrogens (tertiary/aromatic N) is 1. The SMILES string of the molecule is Cc1ccnc2cc([S+](C)[O-])ccc12. The van der Waals surface area contributed by atoms with Crippen LogP contribution < -0.4 is 0 Å². The summed E-state index contributed by atoms with van der Waals surface area (Å²) in [4.78, 5) is 5.08. The van der Waals surface area contributed by atoms with Crippen molar-refractivity contribution in [3.8, 4) is 0 Å². The summed E-state index contributed by atoms with van der Waals surface area (Å²) in [5.41, 5.74) is 2.11. The first-order valence-corrected chi connectivity index (χ1v) is 5.93. The molecule has 1 heterocycles. The topological polar surface area (TPSA) is 36.0 Å². The molecule has 0 radical (unpaired) electrons. The number of hydrogen-bond donors (Lipinski definition) is 0. The molecule has 0 aliphatic carbocycles. The van der Waals surface area contributed by atoms with Gasteiger partial charge in [-0.15, -0.1) is 0 Å². The van der Waals surface area contributed by atoms with Crippen LogP contribution in [0.3, 0.4) is 0 Å². The van der Waals surface area contributed by atoms with E-state index in [1.54, 1.807) is 12.5 Å². The van der Waals surface area contributed by atoms with Crippen LogP contribution in [0.2, 0.25) is 0 Å². The Hall–Kier alpha value is -1.06. The highest BCUT2D eigenvalue weighted by atomic mass is 32.2. The summed E-state index contributed by atoms with van der Waals surface area (Å²) in [6.07, 6.45) is 3.46. The van der Waals surface area contributed by atoms with Gasteiger partial charge in [-0.1, -0.05) is 0 Å². The van der Waals surface area contributed by atoms with E-state index in [0.29, 0.717) is 0 Å². The second-order valence-corrected chi connectivity index (χ2v) is 4.64. The number of aryl methyl sites for hydroxylation is 1. The molecule has 1 atom stereocenters. The number of benzene rings is 1. The Morgan fingerprint density at radius 1 is 1.29 bits per heavy atom. The molecule has 1 aromatic heterocycles. The first-order valence-electron chi connectivity index (χ1n) is 4.37. The molecule has 0 amide bonds. The maximum absolute atomic E-state index is 11.3. The number of fused-ring (bicyclic) bond motifs is 1. The molecule has 1 unspecified atom stereocenters. The fourth-order valence-electron chi connectivity index (χ4n) is 1.45. The molecular weight excluding hydrogens is 194 g/mol. The van der Waals surface area contributed by atoms with Crippen molar-refractivity contribution in [3.05, 3.63) is 36.0 Å². The summed E-state index contributed by atoms with van der Waals surface area (Å²) >= 11 is -0.932. The van der Waals surface area contributed by atoms with E-state index in [2.05, 4.69) is 4.98 Å². The molecule has 14 heavy (non-hydrogen) atoms. The molecular formula is C11H11NOS. The zero-order chi connectivity index (χ0) is 10.1. The van der Waals surface area contributed by atoms with Crippen molar-refractivity contribution in [3.63, 3.8) is 0 Å². The Bertz CT molecular complexity index is 468. The van der Waals surface area contributed by atoms with E-state index >= 15 is 0 Å². The quantitative estimate of drug-likeness (QED) is 0.670. The van der Waals surface area contributed by atoms with E-state index in [1.807, 2.05) is 31.2 Å². The van der Waals surface area contributed by atoms with E-state index in [-0.39, 0.29) is 0 Å². The second kappa shape index (κ2) is 3.59. The highest BCUT2D eigenvalue weighted by molar-refractivity contribution is 7.90. The van der Waals surface area contributed by atoms with Gasteiger partial charge >= 0.3 is 0 Å². The molecule has 0 fully saturated rings. The second-order valence-electron chi connectivity index (χ2n) is 3.26. The van der Waals surface area contributed by atoms with E-state index < -0.39 is 11.2 Å². The number of rotatable bonds is 1. The average Bonchev–Trinajstić information content (AvgIpc) is 2.17. The third-order valence-electron chi connectivity index (χ3n) is 2.26. The molecule has 2 nitrogen and oxygen atoms in total. The first kappa shape index (κ1) is 9.49. The van der Waals surface area contributed by atoms with Crippen LogP contribution in [0.25, 0.3) is 10.9 Å². The first-order chi connectivity index (χ1) is 6.68. The molecule has 2 aromatic rings. The van der Waals surface area contributed by atoms with Crippen molar-refractivity contribution in [1.29, 1.82) is 0 Å². The van der Waals surface area contributed by atoms with Crippen molar-refractivity contribution >= 4 is 22.1 Å². The minimum absolute atomic E-state index is 0.829. The summed E-state index contributed by atoms with van der Waals surface area (Å²) in [7, 11) is 0. The highest BCUT2D eigenvalue weighted by Gasteiger charge is 2.06. The normalized spacial score (nSPS) is 13.1. The predicted octanol–water partition coefficient (Wildman–Crippen LogP) is 2.28. The van der Waals surface area contributed by atoms with E-state index in [9.17, 15) is 4.55 Å². The number of aromatic nitrogens is 1. The van der Waals surface area contributed by atoms with Crippen molar-refractivity contribution < 1.29 is 4.55 Å². The highest BCUT2D eigenvalue weighted by Crippen LogP contribution is 2.19. The minimum atomic E-state index is -0.932. The van der Waals surface area contributed by atoms with Crippen LogP contribution in [0.15, 0.2) is 35.4 Å². The Labute approximate surface area is 86.2 Å². The number of hydrogen-bond acceptors (Lipinski definition) is 2. The zero-order valence-electron chi connectivity index (χ0n) is 8.15. The van der Waals surface area contributed by atoms with Gasteiger partial charge in [0, 0.05) is 17.6 Å². The van der Waals surface area contributed by atoms with E-state index in [0.717, 1.165) is 15.8 Å². The van der Waals surface area contributed by atoms with Crippen LogP contribution in [0, 0.1) is 6.92 Å². The fraction of sp³-hybridized carbons (Fsp3) is 0.182.